The Labute approximate surface area is 134 Å². The lowest BCUT2D eigenvalue weighted by atomic mass is 9.95. The van der Waals surface area contributed by atoms with Gasteiger partial charge in [-0.2, -0.15) is 0 Å². The highest BCUT2D eigenvalue weighted by molar-refractivity contribution is 5.69. The van der Waals surface area contributed by atoms with E-state index in [1.165, 1.54) is 14.1 Å². The molecule has 0 saturated carbocycles. The van der Waals surface area contributed by atoms with Gasteiger partial charge in [-0.15, -0.1) is 0 Å². The molecule has 5 N–H and O–H groups in total. The van der Waals surface area contributed by atoms with Crippen LogP contribution in [0.2, 0.25) is 0 Å². The molecule has 1 saturated heterocycles. The second-order valence-electron chi connectivity index (χ2n) is 5.78. The first kappa shape index (κ1) is 16.8. The quantitative estimate of drug-likeness (QED) is 0.375. The van der Waals surface area contributed by atoms with Gasteiger partial charge in [-0.3, -0.25) is 13.9 Å². The highest BCUT2D eigenvalue weighted by Crippen LogP contribution is 2.31. The first-order chi connectivity index (χ1) is 11.3. The third-order valence-corrected chi connectivity index (χ3v) is 4.27. The van der Waals surface area contributed by atoms with Crippen molar-refractivity contribution in [1.82, 2.24) is 19.1 Å². The van der Waals surface area contributed by atoms with E-state index < -0.39 is 48.4 Å². The highest BCUT2D eigenvalue weighted by Gasteiger charge is 2.45. The Morgan fingerprint density at radius 1 is 1.12 bits per heavy atom. The first-order valence-electron chi connectivity index (χ1n) is 7.24. The van der Waals surface area contributed by atoms with Crippen molar-refractivity contribution in [3.8, 4) is 0 Å². The van der Waals surface area contributed by atoms with Crippen molar-refractivity contribution in [3.05, 3.63) is 26.7 Å². The summed E-state index contributed by atoms with van der Waals surface area (Å²) in [6.45, 7) is -0.581. The van der Waals surface area contributed by atoms with Crippen molar-refractivity contribution in [3.63, 3.8) is 0 Å². The molecule has 2 aromatic rings. The number of fused-ring (bicyclic) bond motifs is 1. The fraction of sp³-hybridized carbons (Fsp3) is 0.615. The van der Waals surface area contributed by atoms with Gasteiger partial charge in [0.1, 0.15) is 41.9 Å². The topological polar surface area (TPSA) is 163 Å². The Morgan fingerprint density at radius 2 is 1.79 bits per heavy atom. The minimum absolute atomic E-state index is 0.000185. The van der Waals surface area contributed by atoms with Gasteiger partial charge < -0.3 is 30.1 Å². The summed E-state index contributed by atoms with van der Waals surface area (Å²) in [6.07, 6.45) is -6.92. The van der Waals surface area contributed by atoms with Crippen LogP contribution in [0.4, 0.5) is 0 Å². The normalized spacial score (nSPS) is 30.8. The van der Waals surface area contributed by atoms with Crippen LogP contribution in [0.5, 0.6) is 0 Å². The number of ether oxygens (including phenoxy) is 1. The number of aliphatic hydroxyl groups excluding tert-OH is 4. The zero-order valence-corrected chi connectivity index (χ0v) is 12.9. The summed E-state index contributed by atoms with van der Waals surface area (Å²) in [5, 5.41) is 39.0. The molecule has 5 atom stereocenters. The number of nitrogens with one attached hydrogen (secondary N) is 1. The lowest BCUT2D eigenvalue weighted by Crippen LogP contribution is -2.55. The van der Waals surface area contributed by atoms with Crippen LogP contribution < -0.4 is 11.2 Å². The van der Waals surface area contributed by atoms with Crippen LogP contribution in [0.1, 0.15) is 11.9 Å². The number of hydrogen-bond donors (Lipinski definition) is 5. The second kappa shape index (κ2) is 5.79. The van der Waals surface area contributed by atoms with E-state index in [1.807, 2.05) is 0 Å². The summed E-state index contributed by atoms with van der Waals surface area (Å²) in [4.78, 5) is 30.9. The predicted octanol–water partition coefficient (Wildman–Crippen LogP) is -3.52. The minimum Gasteiger partial charge on any atom is -0.394 e. The molecule has 1 unspecified atom stereocenters. The maximum absolute atomic E-state index is 12.2. The van der Waals surface area contributed by atoms with E-state index in [0.717, 1.165) is 9.13 Å². The molecule has 11 heteroatoms. The van der Waals surface area contributed by atoms with E-state index in [9.17, 15) is 30.0 Å². The number of aryl methyl sites for hydroxylation is 1. The smallest absolute Gasteiger partial charge is 0.332 e. The first-order valence-corrected chi connectivity index (χ1v) is 7.24. The second-order valence-corrected chi connectivity index (χ2v) is 5.78. The maximum Gasteiger partial charge on any atom is 0.332 e. The minimum atomic E-state index is -1.57. The van der Waals surface area contributed by atoms with Gasteiger partial charge in [0.05, 0.1) is 6.61 Å². The number of imidazole rings is 1. The average molecular weight is 342 g/mol. The van der Waals surface area contributed by atoms with Crippen molar-refractivity contribution in [2.45, 2.75) is 30.5 Å². The van der Waals surface area contributed by atoms with E-state index in [2.05, 4.69) is 9.97 Å². The van der Waals surface area contributed by atoms with Gasteiger partial charge in [0.2, 0.25) is 0 Å². The Kier molecular flexibility index (Phi) is 4.05. The molecule has 3 heterocycles. The van der Waals surface area contributed by atoms with Crippen molar-refractivity contribution < 1.29 is 25.2 Å². The van der Waals surface area contributed by atoms with Crippen molar-refractivity contribution in [2.24, 2.45) is 14.1 Å². The molecule has 1 aliphatic rings. The van der Waals surface area contributed by atoms with Crippen LogP contribution in [0.15, 0.2) is 9.59 Å². The number of aromatic nitrogens is 4. The molecule has 1 aliphatic heterocycles. The van der Waals surface area contributed by atoms with Crippen LogP contribution >= 0.6 is 0 Å². The molecule has 0 bridgehead atoms. The molecule has 2 aromatic heterocycles. The van der Waals surface area contributed by atoms with E-state index in [4.69, 9.17) is 4.74 Å². The lowest BCUT2D eigenvalue weighted by Gasteiger charge is -2.39. The Bertz CT molecular complexity index is 883. The van der Waals surface area contributed by atoms with Gasteiger partial charge in [0.25, 0.3) is 5.56 Å². The molecule has 11 nitrogen and oxygen atoms in total. The third-order valence-electron chi connectivity index (χ3n) is 4.27. The number of rotatable bonds is 2. The van der Waals surface area contributed by atoms with Gasteiger partial charge in [0.15, 0.2) is 5.65 Å². The molecule has 132 valence electrons. The molecule has 0 spiro atoms. The fourth-order valence-electron chi connectivity index (χ4n) is 2.81. The zero-order valence-electron chi connectivity index (χ0n) is 12.9. The van der Waals surface area contributed by atoms with Gasteiger partial charge in [-0.05, 0) is 0 Å². The Hall–Kier alpha value is -2.05. The third kappa shape index (κ3) is 2.29. The Morgan fingerprint density at radius 3 is 2.42 bits per heavy atom. The van der Waals surface area contributed by atoms with Crippen LogP contribution in [0.25, 0.3) is 11.2 Å². The summed E-state index contributed by atoms with van der Waals surface area (Å²) in [7, 11) is 2.75. The maximum atomic E-state index is 12.2. The molecular formula is C13H18N4O7. The summed E-state index contributed by atoms with van der Waals surface area (Å²) in [5.74, 6) is 0.000185. The molecule has 1 fully saturated rings. The van der Waals surface area contributed by atoms with Crippen LogP contribution in [-0.4, -0.2) is 70.6 Å². The van der Waals surface area contributed by atoms with E-state index >= 15 is 0 Å². The predicted molar refractivity (Wildman–Crippen MR) is 79.3 cm³/mol. The van der Waals surface area contributed by atoms with Crippen LogP contribution in [0.3, 0.4) is 0 Å². The van der Waals surface area contributed by atoms with E-state index in [1.54, 1.807) is 0 Å². The van der Waals surface area contributed by atoms with Crippen LogP contribution in [0, 0.1) is 0 Å². The molecule has 3 rings (SSSR count). The Balaban J connectivity index is 2.13. The van der Waals surface area contributed by atoms with Crippen LogP contribution in [-0.2, 0) is 18.8 Å². The summed E-state index contributed by atoms with van der Waals surface area (Å²) in [6, 6.07) is 0. The molecule has 0 aromatic carbocycles. The number of aliphatic hydroxyl groups is 4. The summed E-state index contributed by atoms with van der Waals surface area (Å²) >= 11 is 0. The summed E-state index contributed by atoms with van der Waals surface area (Å²) in [5.41, 5.74) is -1.07. The fourth-order valence-corrected chi connectivity index (χ4v) is 2.81. The highest BCUT2D eigenvalue weighted by atomic mass is 16.5. The zero-order chi connectivity index (χ0) is 17.8. The number of aromatic amines is 1. The summed E-state index contributed by atoms with van der Waals surface area (Å²) < 4.78 is 7.44. The van der Waals surface area contributed by atoms with E-state index in [-0.39, 0.29) is 17.0 Å². The van der Waals surface area contributed by atoms with E-state index in [0.29, 0.717) is 0 Å². The SMILES string of the molecule is Cn1c(=O)c2[nH]c(C3O[C@H](CO)[C@@H](O)[C@H](O)[C@H]3O)nc2n(C)c1=O. The molecular weight excluding hydrogens is 324 g/mol. The van der Waals surface area contributed by atoms with Crippen molar-refractivity contribution in [1.29, 1.82) is 0 Å². The monoisotopic (exact) mass is 342 g/mol. The van der Waals surface area contributed by atoms with Crippen molar-refractivity contribution >= 4 is 11.2 Å². The average Bonchev–Trinajstić information content (AvgIpc) is 3.01. The number of H-pyrrole nitrogens is 1. The van der Waals surface area contributed by atoms with Gasteiger partial charge in [-0.25, -0.2) is 9.78 Å². The molecule has 0 aliphatic carbocycles. The lowest BCUT2D eigenvalue weighted by molar-refractivity contribution is -0.233. The van der Waals surface area contributed by atoms with Gasteiger partial charge >= 0.3 is 5.69 Å². The molecule has 0 amide bonds. The number of nitrogens with zero attached hydrogens (tertiary/aromatic N) is 3. The van der Waals surface area contributed by atoms with Gasteiger partial charge in [-0.1, -0.05) is 0 Å². The largest absolute Gasteiger partial charge is 0.394 e. The van der Waals surface area contributed by atoms with Crippen molar-refractivity contribution in [2.75, 3.05) is 6.61 Å². The molecule has 24 heavy (non-hydrogen) atoms. The molecule has 0 radical (unpaired) electrons. The number of hydrogen-bond acceptors (Lipinski definition) is 8. The standard InChI is InChI=1S/C13H18N4O7/c1-16-11-5(12(22)17(2)13(16)23)14-10(15-11)9-8(21)7(20)6(19)4(3-18)24-9/h4,6-9,18-21H,3H2,1-2H3,(H,14,15)/t4-,6-,7+,8-,9?/m1/s1. The van der Waals surface area contributed by atoms with Gasteiger partial charge in [0, 0.05) is 14.1 Å².